The van der Waals surface area contributed by atoms with Crippen molar-refractivity contribution in [3.05, 3.63) is 63.7 Å². The van der Waals surface area contributed by atoms with E-state index in [9.17, 15) is 4.79 Å². The molecule has 0 radical (unpaired) electrons. The molecule has 2 rings (SSSR count). The first-order chi connectivity index (χ1) is 11.0. The number of rotatable bonds is 5. The molecule has 2 N–H and O–H groups in total. The third-order valence-corrected chi connectivity index (χ3v) is 4.01. The Hall–Kier alpha value is -2.20. The summed E-state index contributed by atoms with van der Waals surface area (Å²) < 4.78 is 5.53. The summed E-state index contributed by atoms with van der Waals surface area (Å²) in [5, 5.41) is 6.19. The molecule has 23 heavy (non-hydrogen) atoms. The first-order valence-electron chi connectivity index (χ1n) is 7.42. The van der Waals surface area contributed by atoms with Crippen molar-refractivity contribution in [1.29, 1.82) is 0 Å². The largest absolute Gasteiger partial charge is 0.473 e. The minimum atomic E-state index is -0.270. The van der Waals surface area contributed by atoms with Gasteiger partial charge >= 0.3 is 6.03 Å². The molecule has 0 saturated heterocycles. The first kappa shape index (κ1) is 17.2. The second-order valence-corrected chi connectivity index (χ2v) is 5.89. The maximum absolute atomic E-state index is 11.8. The van der Waals surface area contributed by atoms with E-state index in [2.05, 4.69) is 10.6 Å². The van der Waals surface area contributed by atoms with Gasteiger partial charge in [-0.05, 0) is 49.6 Å². The molecule has 0 saturated carbocycles. The lowest BCUT2D eigenvalue weighted by atomic mass is 10.1. The van der Waals surface area contributed by atoms with Crippen LogP contribution in [0.3, 0.4) is 0 Å². The third-order valence-electron chi connectivity index (χ3n) is 3.42. The van der Waals surface area contributed by atoms with Gasteiger partial charge in [0.05, 0.1) is 0 Å². The molecule has 0 aliphatic heterocycles. The molecule has 5 heteroatoms. The van der Waals surface area contributed by atoms with E-state index >= 15 is 0 Å². The van der Waals surface area contributed by atoms with Crippen LogP contribution in [0.15, 0.2) is 36.4 Å². The lowest BCUT2D eigenvalue weighted by Crippen LogP contribution is -2.37. The second-order valence-electron chi connectivity index (χ2n) is 5.51. The second kappa shape index (κ2) is 7.88. The average Bonchev–Trinajstić information content (AvgIpc) is 2.50. The Kier molecular flexibility index (Phi) is 5.88. The van der Waals surface area contributed by atoms with Crippen molar-refractivity contribution in [2.45, 2.75) is 27.3 Å². The zero-order valence-electron chi connectivity index (χ0n) is 13.6. The summed E-state index contributed by atoms with van der Waals surface area (Å²) in [6.45, 7) is 6.44. The van der Waals surface area contributed by atoms with Crippen LogP contribution >= 0.6 is 11.6 Å². The van der Waals surface area contributed by atoms with Gasteiger partial charge in [0.15, 0.2) is 6.73 Å². The quantitative estimate of drug-likeness (QED) is 0.810. The number of aryl methyl sites for hydroxylation is 3. The number of amides is 2. The summed E-state index contributed by atoms with van der Waals surface area (Å²) in [4.78, 5) is 11.8. The van der Waals surface area contributed by atoms with Crippen molar-refractivity contribution in [2.24, 2.45) is 0 Å². The molecule has 0 aliphatic carbocycles. The Bertz CT molecular complexity index is 678. The van der Waals surface area contributed by atoms with Crippen LogP contribution in [0.1, 0.15) is 22.3 Å². The fraction of sp³-hybridized carbons (Fsp3) is 0.278. The van der Waals surface area contributed by atoms with Crippen LogP contribution in [0.25, 0.3) is 0 Å². The first-order valence-corrected chi connectivity index (χ1v) is 7.80. The van der Waals surface area contributed by atoms with Crippen LogP contribution in [-0.4, -0.2) is 12.8 Å². The van der Waals surface area contributed by atoms with Gasteiger partial charge in [-0.25, -0.2) is 4.79 Å². The van der Waals surface area contributed by atoms with Crippen LogP contribution < -0.4 is 15.4 Å². The van der Waals surface area contributed by atoms with Crippen molar-refractivity contribution < 1.29 is 9.53 Å². The molecule has 0 fully saturated rings. The molecule has 0 aromatic heterocycles. The summed E-state index contributed by atoms with van der Waals surface area (Å²) in [7, 11) is 0. The maximum Gasteiger partial charge on any atom is 0.317 e. The summed E-state index contributed by atoms with van der Waals surface area (Å²) >= 11 is 6.11. The van der Waals surface area contributed by atoms with Gasteiger partial charge in [-0.15, -0.1) is 0 Å². The van der Waals surface area contributed by atoms with Crippen LogP contribution in [-0.2, 0) is 6.54 Å². The highest BCUT2D eigenvalue weighted by Gasteiger charge is 2.05. The van der Waals surface area contributed by atoms with E-state index < -0.39 is 0 Å². The number of benzene rings is 2. The van der Waals surface area contributed by atoms with E-state index in [0.717, 1.165) is 21.7 Å². The van der Waals surface area contributed by atoms with E-state index in [1.165, 1.54) is 5.56 Å². The van der Waals surface area contributed by atoms with Crippen molar-refractivity contribution in [3.8, 4) is 5.75 Å². The number of hydrogen-bond acceptors (Lipinski definition) is 2. The molecule has 2 aromatic rings. The minimum Gasteiger partial charge on any atom is -0.473 e. The monoisotopic (exact) mass is 332 g/mol. The summed E-state index contributed by atoms with van der Waals surface area (Å²) in [6, 6.07) is 11.4. The highest BCUT2D eigenvalue weighted by atomic mass is 35.5. The Morgan fingerprint density at radius 1 is 1.09 bits per heavy atom. The molecule has 2 amide bonds. The van der Waals surface area contributed by atoms with Crippen LogP contribution in [0.4, 0.5) is 4.79 Å². The van der Waals surface area contributed by atoms with Crippen molar-refractivity contribution >= 4 is 17.6 Å². The van der Waals surface area contributed by atoms with Gasteiger partial charge in [0.25, 0.3) is 0 Å². The minimum absolute atomic E-state index is 0.0974. The number of halogens is 1. The molecule has 0 aliphatic rings. The van der Waals surface area contributed by atoms with E-state index in [0.29, 0.717) is 12.3 Å². The number of urea groups is 1. The van der Waals surface area contributed by atoms with Gasteiger partial charge in [-0.3, -0.25) is 0 Å². The summed E-state index contributed by atoms with van der Waals surface area (Å²) in [6.07, 6.45) is 0. The van der Waals surface area contributed by atoms with E-state index in [-0.39, 0.29) is 12.8 Å². The highest BCUT2D eigenvalue weighted by molar-refractivity contribution is 6.32. The normalized spacial score (nSPS) is 10.3. The SMILES string of the molecule is Cc1cccc(CNC(=O)NCOc2cc(C)c(Cl)c(C)c2)c1. The molecule has 0 atom stereocenters. The third kappa shape index (κ3) is 5.18. The lowest BCUT2D eigenvalue weighted by molar-refractivity contribution is 0.223. The maximum atomic E-state index is 11.8. The van der Waals surface area contributed by atoms with E-state index in [4.69, 9.17) is 16.3 Å². The topological polar surface area (TPSA) is 50.4 Å². The Morgan fingerprint density at radius 2 is 1.78 bits per heavy atom. The number of carbonyl (C=O) groups excluding carboxylic acids is 1. The zero-order chi connectivity index (χ0) is 16.8. The molecule has 0 heterocycles. The van der Waals surface area contributed by atoms with Gasteiger partial charge in [0.2, 0.25) is 0 Å². The molecule has 4 nitrogen and oxygen atoms in total. The predicted octanol–water partition coefficient (Wildman–Crippen LogP) is 4.10. The van der Waals surface area contributed by atoms with Gasteiger partial charge in [-0.1, -0.05) is 41.4 Å². The zero-order valence-corrected chi connectivity index (χ0v) is 14.3. The Labute approximate surface area is 141 Å². The number of carbonyl (C=O) groups is 1. The number of hydrogen-bond donors (Lipinski definition) is 2. The molecular weight excluding hydrogens is 312 g/mol. The predicted molar refractivity (Wildman–Crippen MR) is 93.0 cm³/mol. The molecule has 2 aromatic carbocycles. The van der Waals surface area contributed by atoms with Crippen molar-refractivity contribution in [2.75, 3.05) is 6.73 Å². The van der Waals surface area contributed by atoms with Gasteiger partial charge < -0.3 is 15.4 Å². The smallest absolute Gasteiger partial charge is 0.317 e. The van der Waals surface area contributed by atoms with Crippen LogP contribution in [0.5, 0.6) is 5.75 Å². The van der Waals surface area contributed by atoms with E-state index in [1.807, 2.05) is 57.2 Å². The fourth-order valence-electron chi connectivity index (χ4n) is 2.24. The van der Waals surface area contributed by atoms with E-state index in [1.54, 1.807) is 0 Å². The molecule has 0 spiro atoms. The lowest BCUT2D eigenvalue weighted by Gasteiger charge is -2.11. The highest BCUT2D eigenvalue weighted by Crippen LogP contribution is 2.25. The number of ether oxygens (including phenoxy) is 1. The number of nitrogens with one attached hydrogen (secondary N) is 2. The summed E-state index contributed by atoms with van der Waals surface area (Å²) in [5.41, 5.74) is 4.13. The van der Waals surface area contributed by atoms with Gasteiger partial charge in [-0.2, -0.15) is 0 Å². The van der Waals surface area contributed by atoms with Crippen molar-refractivity contribution in [1.82, 2.24) is 10.6 Å². The molecule has 122 valence electrons. The molecular formula is C18H21ClN2O2. The average molecular weight is 333 g/mol. The fourth-order valence-corrected chi connectivity index (χ4v) is 2.35. The summed E-state index contributed by atoms with van der Waals surface area (Å²) in [5.74, 6) is 0.684. The standard InChI is InChI=1S/C18H21ClN2O2/c1-12-5-4-6-15(7-12)10-20-18(22)21-11-23-16-8-13(2)17(19)14(3)9-16/h4-9H,10-11H2,1-3H3,(H2,20,21,22). The van der Waals surface area contributed by atoms with Crippen LogP contribution in [0.2, 0.25) is 5.02 Å². The van der Waals surface area contributed by atoms with Crippen molar-refractivity contribution in [3.63, 3.8) is 0 Å². The Morgan fingerprint density at radius 3 is 2.43 bits per heavy atom. The van der Waals surface area contributed by atoms with Crippen LogP contribution in [0, 0.1) is 20.8 Å². The Balaban J connectivity index is 1.77. The molecule has 0 bridgehead atoms. The van der Waals surface area contributed by atoms with Gasteiger partial charge in [0.1, 0.15) is 5.75 Å². The van der Waals surface area contributed by atoms with Gasteiger partial charge in [0, 0.05) is 11.6 Å². The molecule has 0 unspecified atom stereocenters.